The lowest BCUT2D eigenvalue weighted by molar-refractivity contribution is -0.274. The number of nitrogens with zero attached hydrogens (tertiary/aromatic N) is 3. The van der Waals surface area contributed by atoms with Crippen LogP contribution in [0.3, 0.4) is 0 Å². The number of carbonyl (C=O) groups is 2. The van der Waals surface area contributed by atoms with Crippen LogP contribution in [0, 0.1) is 0 Å². The van der Waals surface area contributed by atoms with Crippen LogP contribution in [-0.4, -0.2) is 66.9 Å². The number of rotatable bonds is 7. The van der Waals surface area contributed by atoms with Crippen molar-refractivity contribution in [3.8, 4) is 11.5 Å². The number of alkyl halides is 3. The molecule has 0 bridgehead atoms. The molecule has 0 aliphatic carbocycles. The van der Waals surface area contributed by atoms with E-state index in [-0.39, 0.29) is 35.2 Å². The second-order valence-electron chi connectivity index (χ2n) is 7.44. The number of hydrogen-bond donors (Lipinski definition) is 2. The van der Waals surface area contributed by atoms with Crippen LogP contribution in [0.15, 0.2) is 58.5 Å². The van der Waals surface area contributed by atoms with Crippen molar-refractivity contribution in [1.29, 1.82) is 0 Å². The van der Waals surface area contributed by atoms with Crippen LogP contribution in [0.25, 0.3) is 0 Å². The van der Waals surface area contributed by atoms with Crippen molar-refractivity contribution in [2.75, 3.05) is 21.1 Å². The van der Waals surface area contributed by atoms with Crippen LogP contribution in [0.2, 0.25) is 0 Å². The van der Waals surface area contributed by atoms with Crippen LogP contribution < -0.4 is 10.1 Å². The molecule has 0 radical (unpaired) electrons. The van der Waals surface area contributed by atoms with Crippen molar-refractivity contribution in [1.82, 2.24) is 10.2 Å². The number of phenolic OH excluding ortho intramolecular Hbond substituents is 1. The molecule has 0 saturated carbocycles. The van der Waals surface area contributed by atoms with Gasteiger partial charge in [-0.15, -0.1) is 13.2 Å². The summed E-state index contributed by atoms with van der Waals surface area (Å²) in [6, 6.07) is 9.83. The van der Waals surface area contributed by atoms with Gasteiger partial charge in [0.05, 0.1) is 12.5 Å². The fourth-order valence-corrected chi connectivity index (χ4v) is 2.81. The van der Waals surface area contributed by atoms with Crippen molar-refractivity contribution >= 4 is 23.4 Å². The SMILES string of the molecule is C/N=C(\N=C(/C)[C@H](CC(=O)N(C)C)NC(=O)c1ccc(O)cc1)c1ccc(OC(F)(F)F)cc1. The summed E-state index contributed by atoms with van der Waals surface area (Å²) in [5, 5.41) is 12.2. The summed E-state index contributed by atoms with van der Waals surface area (Å²) in [5.74, 6) is -0.923. The van der Waals surface area contributed by atoms with Gasteiger partial charge in [-0.1, -0.05) is 0 Å². The average Bonchev–Trinajstić information content (AvgIpc) is 2.76. The van der Waals surface area contributed by atoms with Crippen LogP contribution >= 0.6 is 0 Å². The van der Waals surface area contributed by atoms with Gasteiger partial charge in [0.25, 0.3) is 5.91 Å². The summed E-state index contributed by atoms with van der Waals surface area (Å²) in [6.07, 6.45) is -4.89. The fraction of sp³-hybridized carbons (Fsp3) is 0.304. The maximum Gasteiger partial charge on any atom is 0.573 e. The number of benzene rings is 2. The smallest absolute Gasteiger partial charge is 0.508 e. The van der Waals surface area contributed by atoms with Crippen LogP contribution in [0.5, 0.6) is 11.5 Å². The topological polar surface area (TPSA) is 104 Å². The largest absolute Gasteiger partial charge is 0.573 e. The Morgan fingerprint density at radius 2 is 1.62 bits per heavy atom. The standard InChI is InChI=1S/C23H25F3N4O4/c1-14(28-21(27-2)15-7-11-18(12-8-15)34-23(24,25)26)19(13-20(32)30(3)4)29-22(33)16-5-9-17(31)10-6-16/h5-12,19,31H,13H2,1-4H3,(H,29,33)/b27-21-,28-14+/t19-/m0/s1. The second-order valence-corrected chi connectivity index (χ2v) is 7.44. The maximum atomic E-state index is 12.7. The zero-order valence-corrected chi connectivity index (χ0v) is 19.1. The molecule has 1 atom stereocenters. The quantitative estimate of drug-likeness (QED) is 0.470. The highest BCUT2D eigenvalue weighted by Gasteiger charge is 2.31. The summed E-state index contributed by atoms with van der Waals surface area (Å²) in [5.41, 5.74) is 1.05. The molecule has 0 aliphatic heterocycles. The van der Waals surface area contributed by atoms with Crippen molar-refractivity contribution in [2.45, 2.75) is 25.7 Å². The van der Waals surface area contributed by atoms with Crippen molar-refractivity contribution in [3.05, 3.63) is 59.7 Å². The van der Waals surface area contributed by atoms with Crippen LogP contribution in [0.1, 0.15) is 29.3 Å². The fourth-order valence-electron chi connectivity index (χ4n) is 2.81. The van der Waals surface area contributed by atoms with Crippen molar-refractivity contribution in [3.63, 3.8) is 0 Å². The monoisotopic (exact) mass is 478 g/mol. The van der Waals surface area contributed by atoms with Crippen molar-refractivity contribution in [2.24, 2.45) is 9.98 Å². The summed E-state index contributed by atoms with van der Waals surface area (Å²) in [6.45, 7) is 1.61. The molecule has 2 amide bonds. The minimum Gasteiger partial charge on any atom is -0.508 e. The van der Waals surface area contributed by atoms with E-state index in [0.717, 1.165) is 12.1 Å². The zero-order chi connectivity index (χ0) is 25.5. The third kappa shape index (κ3) is 7.91. The average molecular weight is 478 g/mol. The summed E-state index contributed by atoms with van der Waals surface area (Å²) < 4.78 is 41.0. The lowest BCUT2D eigenvalue weighted by Gasteiger charge is -2.21. The number of nitrogens with one attached hydrogen (secondary N) is 1. The third-order valence-electron chi connectivity index (χ3n) is 4.66. The van der Waals surface area contributed by atoms with E-state index in [9.17, 15) is 27.9 Å². The van der Waals surface area contributed by atoms with Gasteiger partial charge in [0.1, 0.15) is 11.5 Å². The molecule has 2 aromatic carbocycles. The number of hydrogen-bond acceptors (Lipinski definition) is 5. The van der Waals surface area contributed by atoms with Gasteiger partial charge in [0, 0.05) is 38.0 Å². The molecule has 0 saturated heterocycles. The van der Waals surface area contributed by atoms with Gasteiger partial charge in [-0.3, -0.25) is 14.6 Å². The second kappa shape index (κ2) is 11.3. The minimum atomic E-state index is -4.81. The highest BCUT2D eigenvalue weighted by molar-refractivity contribution is 6.09. The predicted octanol–water partition coefficient (Wildman–Crippen LogP) is 3.41. The number of amidine groups is 1. The van der Waals surface area contributed by atoms with E-state index in [1.54, 1.807) is 21.0 Å². The summed E-state index contributed by atoms with van der Waals surface area (Å²) in [7, 11) is 4.62. The molecule has 2 aromatic rings. The number of ether oxygens (including phenoxy) is 1. The molecule has 0 fully saturated rings. The van der Waals surface area contributed by atoms with E-state index in [1.165, 1.54) is 48.3 Å². The van der Waals surface area contributed by atoms with Crippen molar-refractivity contribution < 1.29 is 32.6 Å². The molecule has 0 aromatic heterocycles. The number of amides is 2. The molecule has 182 valence electrons. The lowest BCUT2D eigenvalue weighted by Crippen LogP contribution is -2.43. The van der Waals surface area contributed by atoms with E-state index < -0.39 is 18.3 Å². The Morgan fingerprint density at radius 1 is 1.06 bits per heavy atom. The number of halogens is 3. The molecule has 34 heavy (non-hydrogen) atoms. The van der Waals surface area contributed by atoms with Gasteiger partial charge in [-0.25, -0.2) is 4.99 Å². The van der Waals surface area contributed by atoms with Crippen LogP contribution in [0.4, 0.5) is 13.2 Å². The number of aliphatic imine (C=N–C) groups is 2. The van der Waals surface area contributed by atoms with E-state index >= 15 is 0 Å². The molecule has 0 spiro atoms. The molecule has 0 aliphatic rings. The minimum absolute atomic E-state index is 0.00378. The Labute approximate surface area is 194 Å². The Morgan fingerprint density at radius 3 is 2.12 bits per heavy atom. The molecule has 0 unspecified atom stereocenters. The highest BCUT2D eigenvalue weighted by atomic mass is 19.4. The van der Waals surface area contributed by atoms with Gasteiger partial charge in [-0.2, -0.15) is 0 Å². The van der Waals surface area contributed by atoms with E-state index in [4.69, 9.17) is 0 Å². The Kier molecular flexibility index (Phi) is 8.76. The number of aromatic hydroxyl groups is 1. The molecule has 8 nitrogen and oxygen atoms in total. The first kappa shape index (κ1) is 26.4. The van der Waals surface area contributed by atoms with Gasteiger partial charge in [-0.05, 0) is 55.5 Å². The zero-order valence-electron chi connectivity index (χ0n) is 19.1. The molecular weight excluding hydrogens is 453 g/mol. The summed E-state index contributed by atoms with van der Waals surface area (Å²) >= 11 is 0. The van der Waals surface area contributed by atoms with Gasteiger partial charge in [0.2, 0.25) is 5.91 Å². The summed E-state index contributed by atoms with van der Waals surface area (Å²) in [4.78, 5) is 34.9. The Hall–Kier alpha value is -3.89. The first-order valence-corrected chi connectivity index (χ1v) is 10.1. The van der Waals surface area contributed by atoms with Crippen LogP contribution in [-0.2, 0) is 4.79 Å². The lowest BCUT2D eigenvalue weighted by atomic mass is 10.1. The molecule has 2 N–H and O–H groups in total. The molecular formula is C23H25F3N4O4. The van der Waals surface area contributed by atoms with Gasteiger partial charge in [0.15, 0.2) is 5.84 Å². The highest BCUT2D eigenvalue weighted by Crippen LogP contribution is 2.23. The normalized spacial score (nSPS) is 13.3. The Balaban J connectivity index is 2.29. The van der Waals surface area contributed by atoms with E-state index in [2.05, 4.69) is 20.0 Å². The molecule has 11 heteroatoms. The first-order chi connectivity index (χ1) is 15.9. The maximum absolute atomic E-state index is 12.7. The van der Waals surface area contributed by atoms with E-state index in [0.29, 0.717) is 11.3 Å². The Bertz CT molecular complexity index is 1060. The predicted molar refractivity (Wildman–Crippen MR) is 121 cm³/mol. The molecule has 0 heterocycles. The van der Waals surface area contributed by atoms with Gasteiger partial charge < -0.3 is 20.1 Å². The third-order valence-corrected chi connectivity index (χ3v) is 4.66. The first-order valence-electron chi connectivity index (χ1n) is 10.1. The van der Waals surface area contributed by atoms with E-state index in [1.807, 2.05) is 0 Å². The number of phenols is 1. The van der Waals surface area contributed by atoms with Gasteiger partial charge >= 0.3 is 6.36 Å². The number of carbonyl (C=O) groups excluding carboxylic acids is 2. The molecule has 2 rings (SSSR count).